The number of methoxy groups -OCH3 is 1. The molecule has 4 heteroatoms. The van der Waals surface area contributed by atoms with Gasteiger partial charge in [-0.2, -0.15) is 0 Å². The highest BCUT2D eigenvalue weighted by Crippen LogP contribution is 2.08. The number of aryl methyl sites for hydroxylation is 1. The quantitative estimate of drug-likeness (QED) is 0.496. The Morgan fingerprint density at radius 3 is 2.57 bits per heavy atom. The first kappa shape index (κ1) is 15.1. The van der Waals surface area contributed by atoms with E-state index >= 15 is 0 Å². The fourth-order valence-electron chi connectivity index (χ4n) is 1.73. The molecule has 0 unspecified atom stereocenters. The maximum atomic E-state index is 11.1. The molecule has 1 aromatic heterocycles. The van der Waals surface area contributed by atoms with Crippen molar-refractivity contribution >= 4 is 17.6 Å². The smallest absolute Gasteiger partial charge is 0.305 e. The van der Waals surface area contributed by atoms with Crippen molar-refractivity contribution in [2.24, 2.45) is 0 Å². The summed E-state index contributed by atoms with van der Waals surface area (Å²) < 4.78 is 4.62. The van der Waals surface area contributed by atoms with Gasteiger partial charge in [-0.25, -0.2) is 4.98 Å². The molecule has 1 heterocycles. The van der Waals surface area contributed by atoms with Gasteiger partial charge in [-0.05, 0) is 36.2 Å². The van der Waals surface area contributed by atoms with Gasteiger partial charge in [-0.1, -0.05) is 35.6 Å². The number of hydrogen-bond donors (Lipinski definition) is 0. The van der Waals surface area contributed by atoms with Gasteiger partial charge in [0, 0.05) is 23.7 Å². The lowest BCUT2D eigenvalue weighted by molar-refractivity contribution is -0.140. The largest absolute Gasteiger partial charge is 0.469 e. The first-order chi connectivity index (χ1) is 10.2. The Labute approximate surface area is 128 Å². The van der Waals surface area contributed by atoms with E-state index < -0.39 is 0 Å². The first-order valence-electron chi connectivity index (χ1n) is 6.47. The van der Waals surface area contributed by atoms with Crippen molar-refractivity contribution in [3.05, 3.63) is 64.4 Å². The van der Waals surface area contributed by atoms with Crippen LogP contribution in [0.1, 0.15) is 23.1 Å². The number of esters is 1. The molecule has 0 N–H and O–H groups in total. The monoisotopic (exact) mass is 299 g/mol. The molecule has 106 valence electrons. The van der Waals surface area contributed by atoms with Gasteiger partial charge in [0.25, 0.3) is 0 Å². The minimum atomic E-state index is -0.201. The van der Waals surface area contributed by atoms with E-state index in [0.717, 1.165) is 16.7 Å². The van der Waals surface area contributed by atoms with E-state index in [0.29, 0.717) is 18.0 Å². The van der Waals surface area contributed by atoms with Crippen LogP contribution in [0.2, 0.25) is 5.15 Å². The number of nitrogens with zero attached hydrogens (tertiary/aromatic N) is 1. The SMILES string of the molecule is COC(=O)CCc1ccc(C#Cc2ccnc(Cl)c2)cc1. The molecule has 1 aromatic carbocycles. The van der Waals surface area contributed by atoms with Crippen LogP contribution in [0, 0.1) is 11.8 Å². The average Bonchev–Trinajstić information content (AvgIpc) is 2.51. The molecule has 2 rings (SSSR count). The fraction of sp³-hybridized carbons (Fsp3) is 0.176. The highest BCUT2D eigenvalue weighted by molar-refractivity contribution is 6.29. The molecule has 0 saturated carbocycles. The molecule has 0 saturated heterocycles. The van der Waals surface area contributed by atoms with Gasteiger partial charge in [0.15, 0.2) is 0 Å². The summed E-state index contributed by atoms with van der Waals surface area (Å²) in [4.78, 5) is 15.0. The standard InChI is InChI=1S/C17H14ClNO2/c1-21-17(20)9-8-14-4-2-13(3-5-14)6-7-15-10-11-19-16(18)12-15/h2-5,10-12H,8-9H2,1H3. The summed E-state index contributed by atoms with van der Waals surface area (Å²) in [5.74, 6) is 5.89. The molecular weight excluding hydrogens is 286 g/mol. The molecule has 0 aliphatic rings. The molecule has 0 aliphatic carbocycles. The van der Waals surface area contributed by atoms with Gasteiger partial charge < -0.3 is 4.74 Å². The number of carbonyl (C=O) groups is 1. The average molecular weight is 300 g/mol. The third-order valence-electron chi connectivity index (χ3n) is 2.88. The molecule has 2 aromatic rings. The summed E-state index contributed by atoms with van der Waals surface area (Å²) in [6, 6.07) is 11.3. The molecule has 0 bridgehead atoms. The fourth-order valence-corrected chi connectivity index (χ4v) is 1.90. The number of aromatic nitrogens is 1. The van der Waals surface area contributed by atoms with E-state index in [9.17, 15) is 4.79 Å². The van der Waals surface area contributed by atoms with Crippen molar-refractivity contribution in [1.29, 1.82) is 0 Å². The van der Waals surface area contributed by atoms with Crippen LogP contribution in [0.25, 0.3) is 0 Å². The summed E-state index contributed by atoms with van der Waals surface area (Å²) in [6.45, 7) is 0. The molecule has 3 nitrogen and oxygen atoms in total. The molecule has 0 amide bonds. The van der Waals surface area contributed by atoms with Gasteiger partial charge in [-0.15, -0.1) is 0 Å². The number of pyridine rings is 1. The Balaban J connectivity index is 2.01. The minimum absolute atomic E-state index is 0.201. The summed E-state index contributed by atoms with van der Waals surface area (Å²) >= 11 is 5.80. The highest BCUT2D eigenvalue weighted by Gasteiger charge is 2.00. The van der Waals surface area contributed by atoms with Crippen LogP contribution in [0.4, 0.5) is 0 Å². The van der Waals surface area contributed by atoms with Gasteiger partial charge in [0.1, 0.15) is 5.15 Å². The predicted octanol–water partition coefficient (Wildman–Crippen LogP) is 3.24. The van der Waals surface area contributed by atoms with Crippen LogP contribution >= 0.6 is 11.6 Å². The van der Waals surface area contributed by atoms with Gasteiger partial charge >= 0.3 is 5.97 Å². The summed E-state index contributed by atoms with van der Waals surface area (Å²) in [5.41, 5.74) is 2.81. The topological polar surface area (TPSA) is 39.2 Å². The molecule has 21 heavy (non-hydrogen) atoms. The molecule has 0 aliphatic heterocycles. The van der Waals surface area contributed by atoms with Crippen molar-refractivity contribution < 1.29 is 9.53 Å². The van der Waals surface area contributed by atoms with Gasteiger partial charge in [0.2, 0.25) is 0 Å². The van der Waals surface area contributed by atoms with Crippen LogP contribution in [0.3, 0.4) is 0 Å². The number of rotatable bonds is 3. The van der Waals surface area contributed by atoms with Crippen molar-refractivity contribution in [3.63, 3.8) is 0 Å². The summed E-state index contributed by atoms with van der Waals surface area (Å²) in [6.07, 6.45) is 2.68. The van der Waals surface area contributed by atoms with Crippen LogP contribution in [0.5, 0.6) is 0 Å². The third-order valence-corrected chi connectivity index (χ3v) is 3.08. The zero-order valence-electron chi connectivity index (χ0n) is 11.6. The van der Waals surface area contributed by atoms with Crippen molar-refractivity contribution in [2.45, 2.75) is 12.8 Å². The number of carbonyl (C=O) groups excluding carboxylic acids is 1. The molecule has 0 radical (unpaired) electrons. The summed E-state index contributed by atoms with van der Waals surface area (Å²) in [7, 11) is 1.40. The van der Waals surface area contributed by atoms with Crippen LogP contribution in [-0.4, -0.2) is 18.1 Å². The van der Waals surface area contributed by atoms with Gasteiger partial charge in [-0.3, -0.25) is 4.79 Å². The Kier molecular flexibility index (Phi) is 5.36. The lowest BCUT2D eigenvalue weighted by Crippen LogP contribution is -2.01. The maximum absolute atomic E-state index is 11.1. The predicted molar refractivity (Wildman–Crippen MR) is 82.0 cm³/mol. The Morgan fingerprint density at radius 1 is 1.19 bits per heavy atom. The zero-order chi connectivity index (χ0) is 15.1. The zero-order valence-corrected chi connectivity index (χ0v) is 12.4. The van der Waals surface area contributed by atoms with Crippen molar-refractivity contribution in [3.8, 4) is 11.8 Å². The Bertz CT molecular complexity index is 684. The third kappa shape index (κ3) is 4.94. The molecule has 0 fully saturated rings. The Hall–Kier alpha value is -2.31. The number of hydrogen-bond acceptors (Lipinski definition) is 3. The summed E-state index contributed by atoms with van der Waals surface area (Å²) in [5, 5.41) is 0.431. The second-order valence-corrected chi connectivity index (χ2v) is 4.78. The number of benzene rings is 1. The van der Waals surface area contributed by atoms with Crippen molar-refractivity contribution in [1.82, 2.24) is 4.98 Å². The maximum Gasteiger partial charge on any atom is 0.305 e. The van der Waals surface area contributed by atoms with E-state index in [1.54, 1.807) is 12.3 Å². The first-order valence-corrected chi connectivity index (χ1v) is 6.84. The number of ether oxygens (including phenoxy) is 1. The molecule has 0 spiro atoms. The second-order valence-electron chi connectivity index (χ2n) is 4.39. The second kappa shape index (κ2) is 7.47. The van der Waals surface area contributed by atoms with E-state index in [2.05, 4.69) is 21.6 Å². The lowest BCUT2D eigenvalue weighted by atomic mass is 10.1. The van der Waals surface area contributed by atoms with Crippen LogP contribution < -0.4 is 0 Å². The lowest BCUT2D eigenvalue weighted by Gasteiger charge is -2.00. The normalized spacial score (nSPS) is 9.62. The van der Waals surface area contributed by atoms with E-state index in [1.807, 2.05) is 30.3 Å². The van der Waals surface area contributed by atoms with E-state index in [1.165, 1.54) is 7.11 Å². The van der Waals surface area contributed by atoms with Crippen LogP contribution in [0.15, 0.2) is 42.6 Å². The van der Waals surface area contributed by atoms with E-state index in [4.69, 9.17) is 11.6 Å². The Morgan fingerprint density at radius 2 is 1.90 bits per heavy atom. The number of halogens is 1. The van der Waals surface area contributed by atoms with Crippen molar-refractivity contribution in [2.75, 3.05) is 7.11 Å². The van der Waals surface area contributed by atoms with E-state index in [-0.39, 0.29) is 5.97 Å². The molecular formula is C17H14ClNO2. The molecule has 0 atom stereocenters. The van der Waals surface area contributed by atoms with Crippen LogP contribution in [-0.2, 0) is 16.0 Å². The minimum Gasteiger partial charge on any atom is -0.469 e. The van der Waals surface area contributed by atoms with Gasteiger partial charge in [0.05, 0.1) is 7.11 Å². The highest BCUT2D eigenvalue weighted by atomic mass is 35.5.